The number of hydrogen-bond acceptors (Lipinski definition) is 3. The first kappa shape index (κ1) is 22.7. The first-order valence-electron chi connectivity index (χ1n) is 13.4. The van der Waals surface area contributed by atoms with Gasteiger partial charge >= 0.3 is 0 Å². The van der Waals surface area contributed by atoms with Gasteiger partial charge in [-0.05, 0) is 118 Å². The summed E-state index contributed by atoms with van der Waals surface area (Å²) in [5.41, 5.74) is 0.639. The van der Waals surface area contributed by atoms with Crippen molar-refractivity contribution in [3.05, 3.63) is 0 Å². The molecule has 0 aromatic heterocycles. The Morgan fingerprint density at radius 2 is 1.81 bits per heavy atom. The fourth-order valence-corrected chi connectivity index (χ4v) is 10.8. The van der Waals surface area contributed by atoms with Gasteiger partial charge in [0.25, 0.3) is 0 Å². The van der Waals surface area contributed by atoms with Crippen LogP contribution in [0.2, 0.25) is 0 Å². The van der Waals surface area contributed by atoms with Gasteiger partial charge in [0.05, 0.1) is 11.7 Å². The van der Waals surface area contributed by atoms with Gasteiger partial charge in [0.2, 0.25) is 0 Å². The summed E-state index contributed by atoms with van der Waals surface area (Å²) >= 11 is 0. The van der Waals surface area contributed by atoms with E-state index in [1.807, 2.05) is 21.0 Å². The van der Waals surface area contributed by atoms with E-state index in [0.29, 0.717) is 28.3 Å². The van der Waals surface area contributed by atoms with Crippen LogP contribution in [0.4, 0.5) is 0 Å². The van der Waals surface area contributed by atoms with E-state index in [4.69, 9.17) is 4.74 Å². The molecule has 3 heteroatoms. The normalized spacial score (nSPS) is 52.6. The average molecular weight is 433 g/mol. The molecule has 0 radical (unpaired) electrons. The minimum Gasteiger partial charge on any atom is -0.396 e. The molecule has 0 saturated heterocycles. The highest BCUT2D eigenvalue weighted by Crippen LogP contribution is 2.82. The van der Waals surface area contributed by atoms with E-state index in [-0.39, 0.29) is 12.5 Å². The number of ether oxygens (including phenoxy) is 1. The number of hydrogen-bond donors (Lipinski definition) is 2. The molecule has 2 N–H and O–H groups in total. The monoisotopic (exact) mass is 432 g/mol. The molecule has 5 aliphatic rings. The van der Waals surface area contributed by atoms with E-state index in [2.05, 4.69) is 20.8 Å². The van der Waals surface area contributed by atoms with Crippen molar-refractivity contribution in [3.8, 4) is 0 Å². The van der Waals surface area contributed by atoms with Crippen molar-refractivity contribution in [1.82, 2.24) is 0 Å². The Bertz CT molecular complexity index is 699. The predicted octanol–water partition coefficient (Wildman–Crippen LogP) is 5.68. The van der Waals surface area contributed by atoms with Crippen LogP contribution in [0.5, 0.6) is 0 Å². The van der Waals surface area contributed by atoms with Gasteiger partial charge in [-0.25, -0.2) is 0 Å². The van der Waals surface area contributed by atoms with Crippen LogP contribution < -0.4 is 0 Å². The Balaban J connectivity index is 1.38. The molecule has 5 rings (SSSR count). The third kappa shape index (κ3) is 2.94. The zero-order chi connectivity index (χ0) is 22.4. The van der Waals surface area contributed by atoms with Crippen LogP contribution in [0.15, 0.2) is 0 Å². The number of aliphatic hydroxyl groups is 2. The van der Waals surface area contributed by atoms with Gasteiger partial charge in [-0.15, -0.1) is 0 Å². The summed E-state index contributed by atoms with van der Waals surface area (Å²) in [6.07, 6.45) is 12.5. The molecule has 5 saturated carbocycles. The summed E-state index contributed by atoms with van der Waals surface area (Å²) in [4.78, 5) is 0. The van der Waals surface area contributed by atoms with Gasteiger partial charge in [0.15, 0.2) is 0 Å². The maximum Gasteiger partial charge on any atom is 0.0641 e. The summed E-state index contributed by atoms with van der Waals surface area (Å²) in [5, 5.41) is 20.5. The number of methoxy groups -OCH3 is 1. The second kappa shape index (κ2) is 7.19. The quantitative estimate of drug-likeness (QED) is 0.568. The molecule has 5 aliphatic carbocycles. The SMILES string of the molecule is CO[C@@H]1C[C@H]2[C@@H]3CC[C@H]([C@H](C)C[C@H](CO)C(C)(C)O)[C@@]3(C)CC[C@@H]2[C@@]2(C)CC[C@H]3C[C@]312. The van der Waals surface area contributed by atoms with Crippen LogP contribution in [0, 0.1) is 57.7 Å². The summed E-state index contributed by atoms with van der Waals surface area (Å²) in [7, 11) is 1.99. The number of aliphatic hydroxyl groups excluding tert-OH is 1. The Morgan fingerprint density at radius 3 is 2.42 bits per heavy atom. The van der Waals surface area contributed by atoms with Crippen molar-refractivity contribution in [2.45, 2.75) is 104 Å². The van der Waals surface area contributed by atoms with Crippen LogP contribution in [0.3, 0.4) is 0 Å². The van der Waals surface area contributed by atoms with Crippen molar-refractivity contribution < 1.29 is 14.9 Å². The van der Waals surface area contributed by atoms with Crippen LogP contribution in [-0.2, 0) is 4.74 Å². The van der Waals surface area contributed by atoms with E-state index in [0.717, 1.165) is 36.0 Å². The Kier molecular flexibility index (Phi) is 5.25. The molecule has 31 heavy (non-hydrogen) atoms. The maximum atomic E-state index is 10.5. The molecule has 1 spiro atoms. The summed E-state index contributed by atoms with van der Waals surface area (Å²) in [5.74, 6) is 4.76. The lowest BCUT2D eigenvalue weighted by Crippen LogP contribution is -2.57. The van der Waals surface area contributed by atoms with E-state index < -0.39 is 5.60 Å². The molecule has 178 valence electrons. The molecule has 0 bridgehead atoms. The highest BCUT2D eigenvalue weighted by molar-refractivity contribution is 5.26. The van der Waals surface area contributed by atoms with Gasteiger partial charge < -0.3 is 14.9 Å². The molecule has 3 nitrogen and oxygen atoms in total. The van der Waals surface area contributed by atoms with Gasteiger partial charge in [0, 0.05) is 25.0 Å². The molecule has 0 aliphatic heterocycles. The van der Waals surface area contributed by atoms with Gasteiger partial charge in [-0.2, -0.15) is 0 Å². The molecule has 0 heterocycles. The summed E-state index contributed by atoms with van der Waals surface area (Å²) in [6.45, 7) is 11.5. The van der Waals surface area contributed by atoms with E-state index in [9.17, 15) is 10.2 Å². The lowest BCUT2D eigenvalue weighted by molar-refractivity contribution is -0.161. The van der Waals surface area contributed by atoms with Crippen molar-refractivity contribution in [2.24, 2.45) is 57.7 Å². The number of rotatable bonds is 6. The van der Waals surface area contributed by atoms with Crippen molar-refractivity contribution in [3.63, 3.8) is 0 Å². The van der Waals surface area contributed by atoms with E-state index >= 15 is 0 Å². The molecule has 0 unspecified atom stereocenters. The van der Waals surface area contributed by atoms with Gasteiger partial charge in [0.1, 0.15) is 0 Å². The Hall–Kier alpha value is -0.120. The minimum atomic E-state index is -0.805. The van der Waals surface area contributed by atoms with E-state index in [1.54, 1.807) is 0 Å². The largest absolute Gasteiger partial charge is 0.396 e. The topological polar surface area (TPSA) is 49.7 Å². The smallest absolute Gasteiger partial charge is 0.0641 e. The highest BCUT2D eigenvalue weighted by atomic mass is 16.5. The lowest BCUT2D eigenvalue weighted by atomic mass is 9.45. The van der Waals surface area contributed by atoms with Crippen LogP contribution in [0.25, 0.3) is 0 Å². The standard InChI is InChI=1S/C28H48O3/c1-17(13-19(16-29)25(2,3)30)21-7-8-22-20-14-24(31-6)28-15-18(28)9-12-27(28,5)23(20)10-11-26(21,22)4/h17-24,29-30H,7-16H2,1-6H3/t17-,18+,19-,20+,21-,22+,23+,24-,26-,27-,28+/m1/s1. The second-order valence-electron chi connectivity index (χ2n) is 13.7. The molecule has 11 atom stereocenters. The van der Waals surface area contributed by atoms with Crippen LogP contribution in [-0.4, -0.2) is 35.6 Å². The van der Waals surface area contributed by atoms with Gasteiger partial charge in [-0.1, -0.05) is 20.8 Å². The Labute approximate surface area is 190 Å². The van der Waals surface area contributed by atoms with Crippen molar-refractivity contribution in [2.75, 3.05) is 13.7 Å². The Morgan fingerprint density at radius 1 is 1.06 bits per heavy atom. The fourth-order valence-electron chi connectivity index (χ4n) is 10.8. The summed E-state index contributed by atoms with van der Waals surface area (Å²) < 4.78 is 6.27. The molecule has 0 aromatic carbocycles. The summed E-state index contributed by atoms with van der Waals surface area (Å²) in [6, 6.07) is 0. The highest BCUT2D eigenvalue weighted by Gasteiger charge is 2.77. The van der Waals surface area contributed by atoms with Crippen LogP contribution >= 0.6 is 0 Å². The number of fused-ring (bicyclic) bond motifs is 4. The maximum absolute atomic E-state index is 10.5. The van der Waals surface area contributed by atoms with Crippen LogP contribution in [0.1, 0.15) is 92.4 Å². The first-order valence-corrected chi connectivity index (χ1v) is 13.4. The minimum absolute atomic E-state index is 0.0295. The fraction of sp³-hybridized carbons (Fsp3) is 1.00. The predicted molar refractivity (Wildman–Crippen MR) is 124 cm³/mol. The zero-order valence-electron chi connectivity index (χ0n) is 21.0. The third-order valence-corrected chi connectivity index (χ3v) is 12.5. The lowest BCUT2D eigenvalue weighted by Gasteiger charge is -2.61. The average Bonchev–Trinajstić information content (AvgIpc) is 3.21. The molecule has 0 amide bonds. The third-order valence-electron chi connectivity index (χ3n) is 12.5. The molecular weight excluding hydrogens is 384 g/mol. The van der Waals surface area contributed by atoms with Crippen molar-refractivity contribution in [1.29, 1.82) is 0 Å². The second-order valence-corrected chi connectivity index (χ2v) is 13.7. The molecule has 5 fully saturated rings. The first-order chi connectivity index (χ1) is 14.5. The zero-order valence-corrected chi connectivity index (χ0v) is 21.0. The van der Waals surface area contributed by atoms with Crippen molar-refractivity contribution >= 4 is 0 Å². The molecule has 0 aromatic rings. The van der Waals surface area contributed by atoms with E-state index in [1.165, 1.54) is 51.4 Å². The molecular formula is C28H48O3. The van der Waals surface area contributed by atoms with Gasteiger partial charge in [-0.3, -0.25) is 0 Å².